The van der Waals surface area contributed by atoms with E-state index in [4.69, 9.17) is 16.1 Å². The Kier molecular flexibility index (Phi) is 3.28. The Morgan fingerprint density at radius 1 is 1.09 bits per heavy atom. The minimum absolute atomic E-state index is 0.249. The highest BCUT2D eigenvalue weighted by atomic mass is 35.5. The number of hydrogen-bond acceptors (Lipinski definition) is 7. The number of benzene rings is 1. The van der Waals surface area contributed by atoms with E-state index in [2.05, 4.69) is 30.3 Å². The molecule has 4 rings (SSSR count). The first-order valence-corrected chi connectivity index (χ1v) is 6.96. The maximum absolute atomic E-state index is 5.97. The zero-order chi connectivity index (χ0) is 15.6. The maximum atomic E-state index is 5.97. The molecule has 0 saturated heterocycles. The van der Waals surface area contributed by atoms with Crippen molar-refractivity contribution in [3.63, 3.8) is 0 Å². The van der Waals surface area contributed by atoms with Gasteiger partial charge in [0.25, 0.3) is 5.89 Å². The summed E-state index contributed by atoms with van der Waals surface area (Å²) in [6.07, 6.45) is 6.22. The summed E-state index contributed by atoms with van der Waals surface area (Å²) < 4.78 is 5.21. The SMILES string of the molecule is Clc1cccc(-n2ncc(-c3nc(-c4cnccn4)no3)n2)c1. The van der Waals surface area contributed by atoms with Crippen molar-refractivity contribution in [1.82, 2.24) is 35.1 Å². The van der Waals surface area contributed by atoms with Gasteiger partial charge in [-0.2, -0.15) is 14.9 Å². The second-order valence-electron chi connectivity index (χ2n) is 4.51. The van der Waals surface area contributed by atoms with Crippen LogP contribution in [-0.2, 0) is 0 Å². The molecule has 9 heteroatoms. The molecule has 0 radical (unpaired) electrons. The average molecular weight is 326 g/mol. The Morgan fingerprint density at radius 3 is 2.87 bits per heavy atom. The van der Waals surface area contributed by atoms with Crippen LogP contribution in [0.4, 0.5) is 0 Å². The summed E-state index contributed by atoms with van der Waals surface area (Å²) in [4.78, 5) is 13.8. The van der Waals surface area contributed by atoms with Crippen LogP contribution in [0.2, 0.25) is 5.02 Å². The van der Waals surface area contributed by atoms with Crippen LogP contribution in [0.1, 0.15) is 0 Å². The molecule has 0 aliphatic heterocycles. The summed E-state index contributed by atoms with van der Waals surface area (Å²) in [5, 5.41) is 13.0. The quantitative estimate of drug-likeness (QED) is 0.570. The van der Waals surface area contributed by atoms with Crippen LogP contribution in [0.15, 0.2) is 53.6 Å². The minimum atomic E-state index is 0.249. The Hall–Kier alpha value is -3.13. The van der Waals surface area contributed by atoms with E-state index in [-0.39, 0.29) is 5.89 Å². The molecule has 0 N–H and O–H groups in total. The summed E-state index contributed by atoms with van der Waals surface area (Å²) in [5.41, 5.74) is 1.70. The molecule has 0 saturated carbocycles. The maximum Gasteiger partial charge on any atom is 0.280 e. The second-order valence-corrected chi connectivity index (χ2v) is 4.95. The number of aromatic nitrogens is 7. The summed E-state index contributed by atoms with van der Waals surface area (Å²) in [6.45, 7) is 0. The van der Waals surface area contributed by atoms with Crippen LogP contribution in [0.5, 0.6) is 0 Å². The van der Waals surface area contributed by atoms with Crippen LogP contribution >= 0.6 is 11.6 Å². The molecular formula is C14H8ClN7O. The molecule has 0 fully saturated rings. The first-order valence-electron chi connectivity index (χ1n) is 6.58. The van der Waals surface area contributed by atoms with E-state index in [1.165, 1.54) is 11.0 Å². The number of hydrogen-bond donors (Lipinski definition) is 0. The van der Waals surface area contributed by atoms with Gasteiger partial charge in [0.15, 0.2) is 5.69 Å². The molecule has 0 bridgehead atoms. The fourth-order valence-corrected chi connectivity index (χ4v) is 2.12. The Bertz CT molecular complexity index is 950. The lowest BCUT2D eigenvalue weighted by Gasteiger charge is -1.98. The van der Waals surface area contributed by atoms with E-state index in [9.17, 15) is 0 Å². The zero-order valence-electron chi connectivity index (χ0n) is 11.5. The summed E-state index contributed by atoms with van der Waals surface area (Å²) in [7, 11) is 0. The molecule has 0 atom stereocenters. The highest BCUT2D eigenvalue weighted by molar-refractivity contribution is 6.30. The molecule has 0 amide bonds. The Labute approximate surface area is 134 Å². The molecule has 3 heterocycles. The van der Waals surface area contributed by atoms with Crippen molar-refractivity contribution < 1.29 is 4.52 Å². The number of rotatable bonds is 3. The van der Waals surface area contributed by atoms with E-state index in [0.717, 1.165) is 5.69 Å². The lowest BCUT2D eigenvalue weighted by Crippen LogP contribution is -1.98. The predicted molar refractivity (Wildman–Crippen MR) is 80.7 cm³/mol. The lowest BCUT2D eigenvalue weighted by atomic mass is 10.3. The summed E-state index contributed by atoms with van der Waals surface area (Å²) in [6, 6.07) is 7.19. The minimum Gasteiger partial charge on any atom is -0.332 e. The topological polar surface area (TPSA) is 95.4 Å². The number of halogens is 1. The first-order chi connectivity index (χ1) is 11.3. The molecule has 112 valence electrons. The van der Waals surface area contributed by atoms with Gasteiger partial charge in [0.1, 0.15) is 5.69 Å². The molecule has 3 aromatic heterocycles. The third-order valence-corrected chi connectivity index (χ3v) is 3.20. The molecule has 1 aromatic carbocycles. The fourth-order valence-electron chi connectivity index (χ4n) is 1.93. The zero-order valence-corrected chi connectivity index (χ0v) is 12.3. The molecule has 0 spiro atoms. The summed E-state index contributed by atoms with van der Waals surface area (Å²) >= 11 is 5.97. The molecule has 23 heavy (non-hydrogen) atoms. The molecule has 0 aliphatic carbocycles. The van der Waals surface area contributed by atoms with Gasteiger partial charge in [-0.1, -0.05) is 22.8 Å². The predicted octanol–water partition coefficient (Wildman–Crippen LogP) is 2.43. The molecule has 0 unspecified atom stereocenters. The fraction of sp³-hybridized carbons (Fsp3) is 0. The van der Waals surface area contributed by atoms with E-state index in [1.54, 1.807) is 30.7 Å². The molecule has 4 aromatic rings. The van der Waals surface area contributed by atoms with Crippen LogP contribution in [0, 0.1) is 0 Å². The van der Waals surface area contributed by atoms with Crippen molar-refractivity contribution in [1.29, 1.82) is 0 Å². The standard InChI is InChI=1S/C14H8ClN7O/c15-9-2-1-3-10(6-9)22-18-8-12(20-22)14-19-13(21-23-14)11-7-16-4-5-17-11/h1-8H. The second kappa shape index (κ2) is 5.58. The van der Waals surface area contributed by atoms with Crippen LogP contribution in [0.25, 0.3) is 28.8 Å². The first kappa shape index (κ1) is 13.5. The molecule has 0 aliphatic rings. The van der Waals surface area contributed by atoms with Crippen molar-refractivity contribution in [2.24, 2.45) is 0 Å². The smallest absolute Gasteiger partial charge is 0.280 e. The van der Waals surface area contributed by atoms with Crippen molar-refractivity contribution >= 4 is 11.6 Å². The van der Waals surface area contributed by atoms with Crippen molar-refractivity contribution in [2.45, 2.75) is 0 Å². The molecular weight excluding hydrogens is 318 g/mol. The van der Waals surface area contributed by atoms with Crippen LogP contribution in [-0.4, -0.2) is 35.1 Å². The monoisotopic (exact) mass is 325 g/mol. The van der Waals surface area contributed by atoms with Gasteiger partial charge >= 0.3 is 0 Å². The Balaban J connectivity index is 1.66. The van der Waals surface area contributed by atoms with Gasteiger partial charge in [0, 0.05) is 17.4 Å². The van der Waals surface area contributed by atoms with Crippen molar-refractivity contribution in [3.8, 4) is 28.8 Å². The normalized spacial score (nSPS) is 10.8. The number of nitrogens with zero attached hydrogens (tertiary/aromatic N) is 7. The van der Waals surface area contributed by atoms with Crippen molar-refractivity contribution in [3.05, 3.63) is 54.1 Å². The van der Waals surface area contributed by atoms with E-state index >= 15 is 0 Å². The molecule has 8 nitrogen and oxygen atoms in total. The third-order valence-electron chi connectivity index (χ3n) is 2.97. The van der Waals surface area contributed by atoms with Gasteiger partial charge in [-0.15, -0.1) is 5.10 Å². The van der Waals surface area contributed by atoms with Gasteiger partial charge in [-0.05, 0) is 18.2 Å². The van der Waals surface area contributed by atoms with Gasteiger partial charge in [0.05, 0.1) is 18.1 Å². The average Bonchev–Trinajstić information content (AvgIpc) is 3.25. The van der Waals surface area contributed by atoms with E-state index < -0.39 is 0 Å². The third kappa shape index (κ3) is 2.67. The Morgan fingerprint density at radius 2 is 2.04 bits per heavy atom. The van der Waals surface area contributed by atoms with Crippen molar-refractivity contribution in [2.75, 3.05) is 0 Å². The van der Waals surface area contributed by atoms with E-state index in [0.29, 0.717) is 22.2 Å². The van der Waals surface area contributed by atoms with Crippen LogP contribution in [0.3, 0.4) is 0 Å². The van der Waals surface area contributed by atoms with E-state index in [1.807, 2.05) is 12.1 Å². The highest BCUT2D eigenvalue weighted by Crippen LogP contribution is 2.19. The van der Waals surface area contributed by atoms with Gasteiger partial charge in [-0.25, -0.2) is 4.98 Å². The highest BCUT2D eigenvalue weighted by Gasteiger charge is 2.15. The van der Waals surface area contributed by atoms with Gasteiger partial charge in [-0.3, -0.25) is 4.98 Å². The summed E-state index contributed by atoms with van der Waals surface area (Å²) in [5.74, 6) is 0.587. The lowest BCUT2D eigenvalue weighted by molar-refractivity contribution is 0.430. The van der Waals surface area contributed by atoms with Gasteiger partial charge < -0.3 is 4.52 Å². The largest absolute Gasteiger partial charge is 0.332 e. The van der Waals surface area contributed by atoms with Gasteiger partial charge in [0.2, 0.25) is 5.82 Å². The van der Waals surface area contributed by atoms with Crippen LogP contribution < -0.4 is 0 Å².